The molecule has 2 saturated heterocycles. The number of fused-ring (bicyclic) bond motifs is 1. The number of nitrogens with zero attached hydrogens (tertiary/aromatic N) is 5. The minimum absolute atomic E-state index is 0.0230. The standard InChI is InChI=1S/C22H26N6O2S/c29-20(25-17-1-3-18(4-2-17)27-10-12-30-13-11-27)15-26-6-8-28(9-7-26)21-19-5-14-31-22(19)24-16-23-21/h1-5,14,16H,6-13,15H2,(H,25,29). The number of anilines is 3. The molecule has 0 spiro atoms. The second-order valence-corrected chi connectivity index (χ2v) is 8.69. The van der Waals surface area contributed by atoms with Crippen LogP contribution in [0, 0.1) is 0 Å². The quantitative estimate of drug-likeness (QED) is 0.655. The highest BCUT2D eigenvalue weighted by Gasteiger charge is 2.22. The summed E-state index contributed by atoms with van der Waals surface area (Å²) in [6.45, 7) is 7.11. The summed E-state index contributed by atoms with van der Waals surface area (Å²) in [6, 6.07) is 10.2. The molecule has 5 rings (SSSR count). The van der Waals surface area contributed by atoms with Gasteiger partial charge >= 0.3 is 0 Å². The van der Waals surface area contributed by atoms with Gasteiger partial charge in [0.05, 0.1) is 25.1 Å². The van der Waals surface area contributed by atoms with Gasteiger partial charge in [-0.05, 0) is 35.7 Å². The molecule has 0 saturated carbocycles. The van der Waals surface area contributed by atoms with E-state index in [1.807, 2.05) is 12.1 Å². The minimum Gasteiger partial charge on any atom is -0.378 e. The first kappa shape index (κ1) is 20.2. The fourth-order valence-electron chi connectivity index (χ4n) is 4.13. The molecule has 0 radical (unpaired) electrons. The Hall–Kier alpha value is -2.75. The Kier molecular flexibility index (Phi) is 5.97. The molecular formula is C22H26N6O2S. The van der Waals surface area contributed by atoms with Crippen LogP contribution < -0.4 is 15.1 Å². The van der Waals surface area contributed by atoms with Gasteiger partial charge in [-0.15, -0.1) is 11.3 Å². The molecule has 31 heavy (non-hydrogen) atoms. The molecule has 2 aromatic heterocycles. The maximum Gasteiger partial charge on any atom is 0.238 e. The number of piperazine rings is 1. The number of benzene rings is 1. The normalized spacial score (nSPS) is 17.8. The molecule has 0 aliphatic carbocycles. The zero-order chi connectivity index (χ0) is 21.0. The van der Waals surface area contributed by atoms with Crippen molar-refractivity contribution in [2.24, 2.45) is 0 Å². The highest BCUT2D eigenvalue weighted by molar-refractivity contribution is 7.16. The van der Waals surface area contributed by atoms with Crippen LogP contribution in [-0.2, 0) is 9.53 Å². The van der Waals surface area contributed by atoms with Crippen molar-refractivity contribution in [3.8, 4) is 0 Å². The zero-order valence-corrected chi connectivity index (χ0v) is 18.2. The van der Waals surface area contributed by atoms with E-state index in [4.69, 9.17) is 4.74 Å². The number of hydrogen-bond acceptors (Lipinski definition) is 8. The average molecular weight is 439 g/mol. The number of hydrogen-bond donors (Lipinski definition) is 1. The summed E-state index contributed by atoms with van der Waals surface area (Å²) in [5.74, 6) is 1.02. The van der Waals surface area contributed by atoms with Crippen LogP contribution in [0.25, 0.3) is 10.2 Å². The van der Waals surface area contributed by atoms with Gasteiger partial charge in [-0.2, -0.15) is 0 Å². The summed E-state index contributed by atoms with van der Waals surface area (Å²) >= 11 is 1.63. The fourth-order valence-corrected chi connectivity index (χ4v) is 4.85. The second kappa shape index (κ2) is 9.17. The Morgan fingerprint density at radius 2 is 1.74 bits per heavy atom. The number of aromatic nitrogens is 2. The topological polar surface area (TPSA) is 73.8 Å². The summed E-state index contributed by atoms with van der Waals surface area (Å²) < 4.78 is 5.40. The zero-order valence-electron chi connectivity index (χ0n) is 17.4. The van der Waals surface area contributed by atoms with Crippen LogP contribution in [0.2, 0.25) is 0 Å². The number of carbonyl (C=O) groups is 1. The lowest BCUT2D eigenvalue weighted by atomic mass is 10.2. The van der Waals surface area contributed by atoms with Crippen LogP contribution in [0.3, 0.4) is 0 Å². The third kappa shape index (κ3) is 4.63. The lowest BCUT2D eigenvalue weighted by molar-refractivity contribution is -0.117. The third-order valence-electron chi connectivity index (χ3n) is 5.81. The summed E-state index contributed by atoms with van der Waals surface area (Å²) in [6.07, 6.45) is 1.64. The Morgan fingerprint density at radius 1 is 0.968 bits per heavy atom. The summed E-state index contributed by atoms with van der Waals surface area (Å²) in [7, 11) is 0. The van der Waals surface area contributed by atoms with E-state index in [1.165, 1.54) is 5.69 Å². The molecule has 1 N–H and O–H groups in total. The maximum absolute atomic E-state index is 12.5. The SMILES string of the molecule is O=C(CN1CCN(c2ncnc3sccc23)CC1)Nc1ccc(N2CCOCC2)cc1. The lowest BCUT2D eigenvalue weighted by Crippen LogP contribution is -2.49. The van der Waals surface area contributed by atoms with Gasteiger partial charge in [0.25, 0.3) is 0 Å². The molecule has 9 heteroatoms. The number of thiophene rings is 1. The number of nitrogens with one attached hydrogen (secondary N) is 1. The number of amides is 1. The van der Waals surface area contributed by atoms with Crippen LogP contribution in [0.4, 0.5) is 17.2 Å². The van der Waals surface area contributed by atoms with Crippen molar-refractivity contribution in [2.75, 3.05) is 74.1 Å². The highest BCUT2D eigenvalue weighted by atomic mass is 32.1. The molecule has 0 atom stereocenters. The van der Waals surface area contributed by atoms with E-state index in [9.17, 15) is 4.79 Å². The first-order valence-electron chi connectivity index (χ1n) is 10.6. The predicted molar refractivity (Wildman–Crippen MR) is 124 cm³/mol. The van der Waals surface area contributed by atoms with E-state index >= 15 is 0 Å². The van der Waals surface area contributed by atoms with Gasteiger partial charge in [-0.3, -0.25) is 9.69 Å². The van der Waals surface area contributed by atoms with Crippen LogP contribution in [-0.4, -0.2) is 79.8 Å². The van der Waals surface area contributed by atoms with Gasteiger partial charge in [0.2, 0.25) is 5.91 Å². The molecule has 1 aromatic carbocycles. The number of rotatable bonds is 5. The molecule has 2 fully saturated rings. The van der Waals surface area contributed by atoms with Crippen molar-refractivity contribution >= 4 is 44.7 Å². The van der Waals surface area contributed by atoms with Gasteiger partial charge in [-0.1, -0.05) is 0 Å². The van der Waals surface area contributed by atoms with E-state index in [1.54, 1.807) is 17.7 Å². The Bertz CT molecular complexity index is 1030. The van der Waals surface area contributed by atoms with Crippen LogP contribution >= 0.6 is 11.3 Å². The van der Waals surface area contributed by atoms with Crippen LogP contribution in [0.15, 0.2) is 42.0 Å². The van der Waals surface area contributed by atoms with E-state index in [0.717, 1.165) is 74.2 Å². The largest absolute Gasteiger partial charge is 0.378 e. The van der Waals surface area contributed by atoms with Gasteiger partial charge in [0.15, 0.2) is 0 Å². The molecule has 1 amide bonds. The summed E-state index contributed by atoms with van der Waals surface area (Å²) in [5.41, 5.74) is 2.00. The summed E-state index contributed by atoms with van der Waals surface area (Å²) in [4.78, 5) is 29.2. The Labute approximate surface area is 185 Å². The maximum atomic E-state index is 12.5. The van der Waals surface area contributed by atoms with Crippen molar-refractivity contribution in [1.29, 1.82) is 0 Å². The number of carbonyl (C=O) groups excluding carboxylic acids is 1. The molecule has 0 bridgehead atoms. The summed E-state index contributed by atoms with van der Waals surface area (Å²) in [5, 5.41) is 6.19. The van der Waals surface area contributed by atoms with Crippen molar-refractivity contribution in [3.05, 3.63) is 42.0 Å². The Morgan fingerprint density at radius 3 is 2.52 bits per heavy atom. The fraction of sp³-hybridized carbons (Fsp3) is 0.409. The lowest BCUT2D eigenvalue weighted by Gasteiger charge is -2.35. The average Bonchev–Trinajstić information content (AvgIpc) is 3.30. The van der Waals surface area contributed by atoms with Crippen LogP contribution in [0.5, 0.6) is 0 Å². The smallest absolute Gasteiger partial charge is 0.238 e. The molecular weight excluding hydrogens is 412 g/mol. The molecule has 8 nitrogen and oxygen atoms in total. The molecule has 162 valence electrons. The first-order valence-corrected chi connectivity index (χ1v) is 11.5. The first-order chi connectivity index (χ1) is 15.3. The minimum atomic E-state index is 0.0230. The molecule has 2 aliphatic heterocycles. The second-order valence-electron chi connectivity index (χ2n) is 7.79. The monoisotopic (exact) mass is 438 g/mol. The predicted octanol–water partition coefficient (Wildman–Crippen LogP) is 2.29. The van der Waals surface area contributed by atoms with Crippen molar-refractivity contribution in [2.45, 2.75) is 0 Å². The van der Waals surface area contributed by atoms with Gasteiger partial charge < -0.3 is 19.9 Å². The van der Waals surface area contributed by atoms with Gasteiger partial charge in [0, 0.05) is 50.6 Å². The van der Waals surface area contributed by atoms with Crippen molar-refractivity contribution in [1.82, 2.24) is 14.9 Å². The third-order valence-corrected chi connectivity index (χ3v) is 6.63. The van der Waals surface area contributed by atoms with Gasteiger partial charge in [-0.25, -0.2) is 9.97 Å². The molecule has 2 aliphatic rings. The number of ether oxygens (including phenoxy) is 1. The molecule has 4 heterocycles. The van der Waals surface area contributed by atoms with Gasteiger partial charge in [0.1, 0.15) is 17.0 Å². The number of morpholine rings is 1. The van der Waals surface area contributed by atoms with E-state index in [2.05, 4.69) is 53.6 Å². The van der Waals surface area contributed by atoms with E-state index in [-0.39, 0.29) is 5.91 Å². The Balaban J connectivity index is 1.12. The van der Waals surface area contributed by atoms with E-state index in [0.29, 0.717) is 6.54 Å². The van der Waals surface area contributed by atoms with Crippen LogP contribution in [0.1, 0.15) is 0 Å². The molecule has 3 aromatic rings. The van der Waals surface area contributed by atoms with Crippen molar-refractivity contribution in [3.63, 3.8) is 0 Å². The molecule has 0 unspecified atom stereocenters. The van der Waals surface area contributed by atoms with Crippen molar-refractivity contribution < 1.29 is 9.53 Å². The van der Waals surface area contributed by atoms with E-state index < -0.39 is 0 Å². The highest BCUT2D eigenvalue weighted by Crippen LogP contribution is 2.27.